The maximum Gasteiger partial charge on any atom is 0.172 e. The van der Waals surface area contributed by atoms with Crippen molar-refractivity contribution < 1.29 is 4.57 Å². The molecule has 48 heavy (non-hydrogen) atoms. The van der Waals surface area contributed by atoms with Gasteiger partial charge in [0.2, 0.25) is 0 Å². The second-order valence-electron chi connectivity index (χ2n) is 15.1. The highest BCUT2D eigenvalue weighted by molar-refractivity contribution is 5.83. The molecule has 0 amide bonds. The van der Waals surface area contributed by atoms with Gasteiger partial charge in [0.1, 0.15) is 6.54 Å². The van der Waals surface area contributed by atoms with E-state index < -0.39 is 0 Å². The zero-order valence-corrected chi connectivity index (χ0v) is 32.2. The summed E-state index contributed by atoms with van der Waals surface area (Å²) >= 11 is 0. The minimum Gasteiger partial charge on any atom is -0.372 e. The van der Waals surface area contributed by atoms with Gasteiger partial charge in [0.05, 0.1) is 0 Å². The van der Waals surface area contributed by atoms with E-state index in [9.17, 15) is 0 Å². The molecular formula is C46H77N2+. The van der Waals surface area contributed by atoms with Crippen molar-refractivity contribution in [2.24, 2.45) is 0 Å². The summed E-state index contributed by atoms with van der Waals surface area (Å²) in [6, 6.07) is 11.9. The SMILES string of the molecule is CCCCCCCCCCCCCCCCCC[n+]1ccc2c(c1)CCC/C2=C\c1ccc(N(CCCCCC)CCCCCC)cc1. The van der Waals surface area contributed by atoms with Gasteiger partial charge in [-0.05, 0) is 67.4 Å². The molecule has 1 aromatic carbocycles. The second-order valence-corrected chi connectivity index (χ2v) is 15.1. The molecule has 2 nitrogen and oxygen atoms in total. The summed E-state index contributed by atoms with van der Waals surface area (Å²) in [6.45, 7) is 10.5. The Bertz CT molecular complexity index is 1070. The van der Waals surface area contributed by atoms with E-state index in [1.54, 1.807) is 5.56 Å². The van der Waals surface area contributed by atoms with E-state index in [-0.39, 0.29) is 0 Å². The van der Waals surface area contributed by atoms with Gasteiger partial charge < -0.3 is 4.90 Å². The Kier molecular flexibility index (Phi) is 22.5. The van der Waals surface area contributed by atoms with Crippen molar-refractivity contribution >= 4 is 17.3 Å². The molecule has 0 saturated heterocycles. The third-order valence-electron chi connectivity index (χ3n) is 10.8. The molecule has 1 aliphatic rings. The van der Waals surface area contributed by atoms with E-state index in [2.05, 4.69) is 79.0 Å². The number of hydrogen-bond donors (Lipinski definition) is 0. The highest BCUT2D eigenvalue weighted by Gasteiger charge is 2.18. The summed E-state index contributed by atoms with van der Waals surface area (Å²) in [4.78, 5) is 2.65. The van der Waals surface area contributed by atoms with Gasteiger partial charge in [-0.25, -0.2) is 4.57 Å². The molecule has 0 fully saturated rings. The first-order chi connectivity index (χ1) is 23.7. The van der Waals surface area contributed by atoms with E-state index in [1.807, 2.05) is 0 Å². The zero-order valence-electron chi connectivity index (χ0n) is 32.2. The van der Waals surface area contributed by atoms with Crippen molar-refractivity contribution in [3.63, 3.8) is 0 Å². The summed E-state index contributed by atoms with van der Waals surface area (Å²) in [5.74, 6) is 0. The first-order valence-corrected chi connectivity index (χ1v) is 21.3. The number of aromatic nitrogens is 1. The summed E-state index contributed by atoms with van der Waals surface area (Å²) in [5.41, 5.74) is 7.32. The molecule has 1 aliphatic carbocycles. The molecule has 0 atom stereocenters. The van der Waals surface area contributed by atoms with Crippen molar-refractivity contribution in [3.05, 3.63) is 59.4 Å². The molecule has 0 spiro atoms. The lowest BCUT2D eigenvalue weighted by molar-refractivity contribution is -0.697. The smallest absolute Gasteiger partial charge is 0.172 e. The lowest BCUT2D eigenvalue weighted by atomic mass is 9.87. The zero-order chi connectivity index (χ0) is 33.9. The quantitative estimate of drug-likeness (QED) is 0.0624. The number of pyridine rings is 1. The lowest BCUT2D eigenvalue weighted by Gasteiger charge is -2.25. The van der Waals surface area contributed by atoms with Gasteiger partial charge in [-0.3, -0.25) is 0 Å². The third kappa shape index (κ3) is 17.0. The normalized spacial score (nSPS) is 13.7. The van der Waals surface area contributed by atoms with Crippen molar-refractivity contribution in [2.45, 2.75) is 201 Å². The van der Waals surface area contributed by atoms with E-state index in [0.717, 1.165) is 0 Å². The van der Waals surface area contributed by atoms with Crippen LogP contribution in [0.2, 0.25) is 0 Å². The van der Waals surface area contributed by atoms with E-state index in [4.69, 9.17) is 0 Å². The molecule has 0 saturated carbocycles. The molecule has 3 rings (SSSR count). The molecule has 0 N–H and O–H groups in total. The van der Waals surface area contributed by atoms with Crippen LogP contribution in [0.3, 0.4) is 0 Å². The average molecular weight is 658 g/mol. The fourth-order valence-electron chi connectivity index (χ4n) is 7.65. The third-order valence-corrected chi connectivity index (χ3v) is 10.8. The maximum absolute atomic E-state index is 2.65. The van der Waals surface area contributed by atoms with E-state index >= 15 is 0 Å². The van der Waals surface area contributed by atoms with Crippen molar-refractivity contribution in [1.29, 1.82) is 0 Å². The Morgan fingerprint density at radius 3 is 1.54 bits per heavy atom. The maximum atomic E-state index is 2.65. The predicted octanol–water partition coefficient (Wildman–Crippen LogP) is 14.1. The molecule has 0 unspecified atom stereocenters. The van der Waals surface area contributed by atoms with Gasteiger partial charge in [-0.15, -0.1) is 0 Å². The molecule has 1 aromatic heterocycles. The number of anilines is 1. The molecule has 0 bridgehead atoms. The summed E-state index contributed by atoms with van der Waals surface area (Å²) in [5, 5.41) is 0. The minimum absolute atomic E-state index is 1.17. The fraction of sp³-hybridized carbons (Fsp3) is 0.717. The van der Waals surface area contributed by atoms with E-state index in [0.29, 0.717) is 0 Å². The molecule has 270 valence electrons. The number of fused-ring (bicyclic) bond motifs is 1. The summed E-state index contributed by atoms with van der Waals surface area (Å²) < 4.78 is 2.47. The fourth-order valence-corrected chi connectivity index (χ4v) is 7.65. The van der Waals surface area contributed by atoms with Gasteiger partial charge >= 0.3 is 0 Å². The van der Waals surface area contributed by atoms with Crippen LogP contribution in [0.5, 0.6) is 0 Å². The number of unbranched alkanes of at least 4 members (excludes halogenated alkanes) is 21. The van der Waals surface area contributed by atoms with Gasteiger partial charge in [-0.2, -0.15) is 0 Å². The second kappa shape index (κ2) is 26.7. The van der Waals surface area contributed by atoms with Crippen LogP contribution < -0.4 is 9.47 Å². The Morgan fingerprint density at radius 1 is 0.542 bits per heavy atom. The van der Waals surface area contributed by atoms with Crippen LogP contribution in [-0.4, -0.2) is 13.1 Å². The number of benzene rings is 1. The Balaban J connectivity index is 1.36. The van der Waals surface area contributed by atoms with Crippen LogP contribution in [0.15, 0.2) is 42.7 Å². The molecule has 1 heterocycles. The minimum atomic E-state index is 1.17. The van der Waals surface area contributed by atoms with Crippen molar-refractivity contribution in [3.8, 4) is 0 Å². The van der Waals surface area contributed by atoms with Crippen molar-refractivity contribution in [2.75, 3.05) is 18.0 Å². The number of allylic oxidation sites excluding steroid dienone is 1. The highest BCUT2D eigenvalue weighted by atomic mass is 15.1. The van der Waals surface area contributed by atoms with Crippen molar-refractivity contribution in [1.82, 2.24) is 0 Å². The van der Waals surface area contributed by atoms with Crippen LogP contribution in [0, 0.1) is 0 Å². The van der Waals surface area contributed by atoms with Crippen LogP contribution in [-0.2, 0) is 13.0 Å². The van der Waals surface area contributed by atoms with Gasteiger partial charge in [-0.1, -0.05) is 167 Å². The first kappa shape index (κ1) is 40.3. The van der Waals surface area contributed by atoms with Crippen LogP contribution in [0.4, 0.5) is 5.69 Å². The Morgan fingerprint density at radius 2 is 1.02 bits per heavy atom. The number of nitrogens with zero attached hydrogens (tertiary/aromatic N) is 2. The summed E-state index contributed by atoms with van der Waals surface area (Å²) in [7, 11) is 0. The van der Waals surface area contributed by atoms with E-state index in [1.165, 1.54) is 215 Å². The largest absolute Gasteiger partial charge is 0.372 e. The first-order valence-electron chi connectivity index (χ1n) is 21.3. The topological polar surface area (TPSA) is 7.12 Å². The lowest BCUT2D eigenvalue weighted by Crippen LogP contribution is -2.34. The monoisotopic (exact) mass is 658 g/mol. The number of hydrogen-bond acceptors (Lipinski definition) is 1. The molecule has 2 heteroatoms. The predicted molar refractivity (Wildman–Crippen MR) is 214 cm³/mol. The number of aryl methyl sites for hydroxylation is 2. The average Bonchev–Trinajstić information content (AvgIpc) is 3.11. The van der Waals surface area contributed by atoms with Gasteiger partial charge in [0.15, 0.2) is 12.4 Å². The molecule has 0 aliphatic heterocycles. The van der Waals surface area contributed by atoms with Gasteiger partial charge in [0, 0.05) is 36.8 Å². The number of rotatable bonds is 29. The van der Waals surface area contributed by atoms with Crippen LogP contribution in [0.1, 0.15) is 204 Å². The molecular weight excluding hydrogens is 581 g/mol. The highest BCUT2D eigenvalue weighted by Crippen LogP contribution is 2.32. The summed E-state index contributed by atoms with van der Waals surface area (Å²) in [6.07, 6.45) is 44.5. The standard InChI is InChI=1S/C46H77N2/c1-4-7-10-13-14-15-16-17-18-19-20-21-22-23-24-25-36-47-39-35-46-43(29-28-30-44(46)41-47)40-42-31-33-45(34-32-42)48(37-26-11-8-5-2)38-27-12-9-6-3/h31-35,39-41H,4-30,36-38H2,1-3H3/q+1. The van der Waals surface area contributed by atoms with Crippen LogP contribution in [0.25, 0.3) is 11.6 Å². The molecule has 0 radical (unpaired) electrons. The molecule has 2 aromatic rings. The van der Waals surface area contributed by atoms with Gasteiger partial charge in [0.25, 0.3) is 0 Å². The Hall–Kier alpha value is -2.09. The van der Waals surface area contributed by atoms with Crippen LogP contribution >= 0.6 is 0 Å². The Labute approximate surface area is 299 Å².